The summed E-state index contributed by atoms with van der Waals surface area (Å²) in [6.45, 7) is 0. The molecule has 4 rings (SSSR count). The van der Waals surface area contributed by atoms with Crippen molar-refractivity contribution >= 4 is 17.8 Å². The number of fused-ring (bicyclic) bond motifs is 1. The third-order valence-corrected chi connectivity index (χ3v) is 4.06. The fourth-order valence-electron chi connectivity index (χ4n) is 2.80. The number of benzene rings is 2. The lowest BCUT2D eigenvalue weighted by Crippen LogP contribution is -2.33. The molecule has 1 aliphatic rings. The van der Waals surface area contributed by atoms with Crippen LogP contribution in [0.15, 0.2) is 54.6 Å². The van der Waals surface area contributed by atoms with Crippen LogP contribution in [0.4, 0.5) is 13.2 Å². The zero-order chi connectivity index (χ0) is 20.8. The van der Waals surface area contributed by atoms with E-state index in [1.807, 2.05) is 0 Å². The fourth-order valence-corrected chi connectivity index (χ4v) is 2.80. The van der Waals surface area contributed by atoms with E-state index in [4.69, 9.17) is 0 Å². The van der Waals surface area contributed by atoms with Gasteiger partial charge in [0.05, 0.1) is 16.8 Å². The Labute approximate surface area is 160 Å². The number of aromatic nitrogens is 3. The number of hydrogen-bond acceptors (Lipinski definition) is 6. The quantitative estimate of drug-likeness (QED) is 0.626. The van der Waals surface area contributed by atoms with Gasteiger partial charge in [0.25, 0.3) is 11.8 Å². The molecular formula is C18H9F3N4O4. The topological polar surface area (TPSA) is 94.4 Å². The number of carbonyl (C=O) groups excluding carboxylic acids is 3. The molecule has 0 radical (unpaired) electrons. The third kappa shape index (κ3) is 3.02. The van der Waals surface area contributed by atoms with Gasteiger partial charge < -0.3 is 4.84 Å². The second-order valence-corrected chi connectivity index (χ2v) is 5.86. The van der Waals surface area contributed by atoms with Crippen molar-refractivity contribution < 1.29 is 32.4 Å². The molecule has 2 heterocycles. The van der Waals surface area contributed by atoms with E-state index < -0.39 is 35.3 Å². The Morgan fingerprint density at radius 2 is 1.45 bits per heavy atom. The van der Waals surface area contributed by atoms with Crippen molar-refractivity contribution in [2.45, 2.75) is 6.18 Å². The average molecular weight is 402 g/mol. The van der Waals surface area contributed by atoms with Crippen molar-refractivity contribution in [3.05, 3.63) is 77.1 Å². The minimum Gasteiger partial charge on any atom is -0.322 e. The van der Waals surface area contributed by atoms with Gasteiger partial charge >= 0.3 is 12.1 Å². The lowest BCUT2D eigenvalue weighted by Gasteiger charge is -2.13. The minimum atomic E-state index is -5.02. The first-order valence-corrected chi connectivity index (χ1v) is 8.07. The molecule has 0 saturated heterocycles. The van der Waals surface area contributed by atoms with E-state index in [1.54, 1.807) is 6.07 Å². The number of alkyl halides is 3. The first-order chi connectivity index (χ1) is 13.8. The molecule has 0 fully saturated rings. The molecule has 29 heavy (non-hydrogen) atoms. The molecule has 2 amide bonds. The van der Waals surface area contributed by atoms with Gasteiger partial charge in [-0.05, 0) is 24.3 Å². The SMILES string of the molecule is O=C(ON1C(=O)c2ccccc2C1=O)c1nnn(-c2ccccc2)c1C(F)(F)F. The van der Waals surface area contributed by atoms with E-state index >= 15 is 0 Å². The molecule has 146 valence electrons. The summed E-state index contributed by atoms with van der Waals surface area (Å²) in [5.74, 6) is -3.58. The monoisotopic (exact) mass is 402 g/mol. The van der Waals surface area contributed by atoms with E-state index in [-0.39, 0.29) is 21.9 Å². The summed E-state index contributed by atoms with van der Waals surface area (Å²) in [5, 5.41) is 6.76. The van der Waals surface area contributed by atoms with E-state index in [0.29, 0.717) is 4.68 Å². The van der Waals surface area contributed by atoms with Gasteiger partial charge in [0.1, 0.15) is 0 Å². The van der Waals surface area contributed by atoms with Crippen LogP contribution in [-0.4, -0.2) is 37.8 Å². The van der Waals surface area contributed by atoms with Crippen LogP contribution in [0.1, 0.15) is 36.9 Å². The lowest BCUT2D eigenvalue weighted by molar-refractivity contribution is -0.143. The van der Waals surface area contributed by atoms with Crippen molar-refractivity contribution in [3.8, 4) is 5.69 Å². The van der Waals surface area contributed by atoms with Crippen molar-refractivity contribution in [1.29, 1.82) is 0 Å². The highest BCUT2D eigenvalue weighted by Gasteiger charge is 2.45. The number of carbonyl (C=O) groups is 3. The first kappa shape index (κ1) is 18.3. The number of hydroxylamine groups is 2. The van der Waals surface area contributed by atoms with Gasteiger partial charge in [0, 0.05) is 0 Å². The van der Waals surface area contributed by atoms with Crippen LogP contribution in [0.5, 0.6) is 0 Å². The van der Waals surface area contributed by atoms with Crippen LogP contribution in [0, 0.1) is 0 Å². The largest absolute Gasteiger partial charge is 0.436 e. The molecule has 0 unspecified atom stereocenters. The average Bonchev–Trinajstić information content (AvgIpc) is 3.25. The van der Waals surface area contributed by atoms with Gasteiger partial charge in [0.15, 0.2) is 5.69 Å². The summed E-state index contributed by atoms with van der Waals surface area (Å²) in [6, 6.07) is 12.9. The Morgan fingerprint density at radius 1 is 0.897 bits per heavy atom. The molecular weight excluding hydrogens is 393 g/mol. The van der Waals surface area contributed by atoms with Crippen molar-refractivity contribution in [2.75, 3.05) is 0 Å². The predicted molar refractivity (Wildman–Crippen MR) is 88.7 cm³/mol. The highest BCUT2D eigenvalue weighted by atomic mass is 19.4. The lowest BCUT2D eigenvalue weighted by atomic mass is 10.1. The molecule has 0 N–H and O–H groups in total. The summed E-state index contributed by atoms with van der Waals surface area (Å²) in [5.41, 5.74) is -2.74. The van der Waals surface area contributed by atoms with Crippen molar-refractivity contribution in [1.82, 2.24) is 20.1 Å². The molecule has 0 spiro atoms. The van der Waals surface area contributed by atoms with E-state index in [2.05, 4.69) is 15.1 Å². The van der Waals surface area contributed by atoms with Crippen molar-refractivity contribution in [2.24, 2.45) is 0 Å². The van der Waals surface area contributed by atoms with Gasteiger partial charge in [-0.1, -0.05) is 40.6 Å². The Kier molecular flexibility index (Phi) is 4.14. The molecule has 8 nitrogen and oxygen atoms in total. The Bertz CT molecular complexity index is 1110. The number of hydrogen-bond donors (Lipinski definition) is 0. The first-order valence-electron chi connectivity index (χ1n) is 8.07. The van der Waals surface area contributed by atoms with Crippen LogP contribution in [-0.2, 0) is 11.0 Å². The normalized spacial score (nSPS) is 13.6. The van der Waals surface area contributed by atoms with E-state index in [9.17, 15) is 27.6 Å². The van der Waals surface area contributed by atoms with Crippen molar-refractivity contribution in [3.63, 3.8) is 0 Å². The van der Waals surface area contributed by atoms with Gasteiger partial charge in [0.2, 0.25) is 5.69 Å². The number of para-hydroxylation sites is 1. The summed E-state index contributed by atoms with van der Waals surface area (Å²) in [4.78, 5) is 41.5. The zero-order valence-electron chi connectivity index (χ0n) is 14.3. The Morgan fingerprint density at radius 3 is 2.00 bits per heavy atom. The molecule has 3 aromatic rings. The maximum absolute atomic E-state index is 13.6. The molecule has 2 aromatic carbocycles. The van der Waals surface area contributed by atoms with Gasteiger partial charge in [-0.3, -0.25) is 9.59 Å². The summed E-state index contributed by atoms with van der Waals surface area (Å²) >= 11 is 0. The molecule has 0 atom stereocenters. The molecule has 0 saturated carbocycles. The van der Waals surface area contributed by atoms with E-state index in [1.165, 1.54) is 48.5 Å². The standard InChI is InChI=1S/C18H9F3N4O4/c19-18(20,21)14-13(22-23-24(14)10-6-2-1-3-7-10)17(28)29-25-15(26)11-8-4-5-9-12(11)16(25)27/h1-9H. The van der Waals surface area contributed by atoms with Crippen LogP contribution < -0.4 is 0 Å². The number of halogens is 3. The number of rotatable bonds is 3. The van der Waals surface area contributed by atoms with Crippen LogP contribution in [0.2, 0.25) is 0 Å². The molecule has 0 bridgehead atoms. The van der Waals surface area contributed by atoms with Gasteiger partial charge in [-0.2, -0.15) is 13.2 Å². The number of nitrogens with zero attached hydrogens (tertiary/aromatic N) is 4. The fraction of sp³-hybridized carbons (Fsp3) is 0.0556. The smallest absolute Gasteiger partial charge is 0.322 e. The Balaban J connectivity index is 1.69. The predicted octanol–water partition coefficient (Wildman–Crippen LogP) is 2.65. The maximum atomic E-state index is 13.6. The van der Waals surface area contributed by atoms with E-state index in [0.717, 1.165) is 0 Å². The second-order valence-electron chi connectivity index (χ2n) is 5.86. The van der Waals surface area contributed by atoms with Crippen LogP contribution in [0.25, 0.3) is 5.69 Å². The van der Waals surface area contributed by atoms with Gasteiger partial charge in [-0.15, -0.1) is 5.10 Å². The summed E-state index contributed by atoms with van der Waals surface area (Å²) < 4.78 is 41.3. The third-order valence-electron chi connectivity index (χ3n) is 4.06. The molecule has 11 heteroatoms. The minimum absolute atomic E-state index is 0.00658. The maximum Gasteiger partial charge on any atom is 0.436 e. The molecule has 1 aliphatic heterocycles. The highest BCUT2D eigenvalue weighted by Crippen LogP contribution is 2.33. The molecule has 0 aliphatic carbocycles. The number of amides is 2. The summed E-state index contributed by atoms with van der Waals surface area (Å²) in [6.07, 6.45) is -5.02. The zero-order valence-corrected chi connectivity index (χ0v) is 14.3. The Hall–Kier alpha value is -4.02. The summed E-state index contributed by atoms with van der Waals surface area (Å²) in [7, 11) is 0. The second kappa shape index (κ2) is 6.55. The molecule has 1 aromatic heterocycles. The van der Waals surface area contributed by atoms with Crippen LogP contribution in [0.3, 0.4) is 0 Å². The number of imide groups is 1. The van der Waals surface area contributed by atoms with Gasteiger partial charge in [-0.25, -0.2) is 9.48 Å². The highest BCUT2D eigenvalue weighted by molar-refractivity contribution is 6.21. The van der Waals surface area contributed by atoms with Crippen LogP contribution >= 0.6 is 0 Å².